The SMILES string of the molecule is O=C(CCc1ccccc1)ON1CC1. The van der Waals surface area contributed by atoms with Gasteiger partial charge in [-0.25, -0.2) is 0 Å². The molecule has 0 aromatic heterocycles. The van der Waals surface area contributed by atoms with Gasteiger partial charge in [-0.2, -0.15) is 0 Å². The van der Waals surface area contributed by atoms with Crippen molar-refractivity contribution in [2.45, 2.75) is 12.8 Å². The van der Waals surface area contributed by atoms with Crippen LogP contribution < -0.4 is 0 Å². The number of hydrogen-bond donors (Lipinski definition) is 0. The number of aryl methyl sites for hydroxylation is 1. The van der Waals surface area contributed by atoms with Gasteiger partial charge in [0.15, 0.2) is 0 Å². The smallest absolute Gasteiger partial charge is 0.325 e. The molecule has 0 unspecified atom stereocenters. The van der Waals surface area contributed by atoms with Crippen molar-refractivity contribution in [3.63, 3.8) is 0 Å². The Balaban J connectivity index is 1.73. The fourth-order valence-corrected chi connectivity index (χ4v) is 1.21. The second-order valence-electron chi connectivity index (χ2n) is 3.38. The Morgan fingerprint density at radius 1 is 1.29 bits per heavy atom. The van der Waals surface area contributed by atoms with Crippen molar-refractivity contribution in [3.8, 4) is 0 Å². The van der Waals surface area contributed by atoms with Crippen molar-refractivity contribution in [3.05, 3.63) is 35.9 Å². The van der Waals surface area contributed by atoms with Crippen LogP contribution in [0.25, 0.3) is 0 Å². The first-order valence-corrected chi connectivity index (χ1v) is 4.84. The van der Waals surface area contributed by atoms with Gasteiger partial charge in [0.2, 0.25) is 0 Å². The summed E-state index contributed by atoms with van der Waals surface area (Å²) < 4.78 is 0. The van der Waals surface area contributed by atoms with Gasteiger partial charge in [0.05, 0.1) is 19.5 Å². The number of hydrogen-bond acceptors (Lipinski definition) is 3. The summed E-state index contributed by atoms with van der Waals surface area (Å²) >= 11 is 0. The van der Waals surface area contributed by atoms with Crippen LogP contribution in [0.3, 0.4) is 0 Å². The van der Waals surface area contributed by atoms with E-state index in [1.54, 1.807) is 5.06 Å². The minimum Gasteiger partial charge on any atom is -0.368 e. The first-order valence-electron chi connectivity index (χ1n) is 4.84. The van der Waals surface area contributed by atoms with Gasteiger partial charge in [-0.1, -0.05) is 30.3 Å². The molecule has 1 aliphatic rings. The van der Waals surface area contributed by atoms with Crippen molar-refractivity contribution in [1.82, 2.24) is 5.06 Å². The van der Waals surface area contributed by atoms with Crippen molar-refractivity contribution >= 4 is 5.97 Å². The molecule has 0 atom stereocenters. The van der Waals surface area contributed by atoms with Crippen molar-refractivity contribution in [2.75, 3.05) is 13.1 Å². The molecule has 1 heterocycles. The largest absolute Gasteiger partial charge is 0.368 e. The molecular weight excluding hydrogens is 178 g/mol. The van der Waals surface area contributed by atoms with E-state index in [4.69, 9.17) is 4.84 Å². The number of nitrogens with zero attached hydrogens (tertiary/aromatic N) is 1. The topological polar surface area (TPSA) is 29.3 Å². The predicted octanol–water partition coefficient (Wildman–Crippen LogP) is 1.39. The highest BCUT2D eigenvalue weighted by atomic mass is 16.7. The summed E-state index contributed by atoms with van der Waals surface area (Å²) in [5, 5.41) is 1.66. The molecule has 0 amide bonds. The van der Waals surface area contributed by atoms with Crippen LogP contribution in [0.4, 0.5) is 0 Å². The maximum atomic E-state index is 11.2. The van der Waals surface area contributed by atoms with Crippen LogP contribution in [-0.4, -0.2) is 24.1 Å². The number of carbonyl (C=O) groups excluding carboxylic acids is 1. The molecule has 74 valence electrons. The van der Waals surface area contributed by atoms with Crippen molar-refractivity contribution < 1.29 is 9.63 Å². The Labute approximate surface area is 83.2 Å². The second kappa shape index (κ2) is 4.24. The van der Waals surface area contributed by atoms with Gasteiger partial charge in [-0.15, -0.1) is 5.06 Å². The minimum atomic E-state index is -0.133. The van der Waals surface area contributed by atoms with E-state index in [1.807, 2.05) is 30.3 Å². The third-order valence-corrected chi connectivity index (χ3v) is 2.10. The molecule has 1 aromatic rings. The molecule has 0 saturated carbocycles. The zero-order valence-electron chi connectivity index (χ0n) is 7.98. The van der Waals surface area contributed by atoms with E-state index in [0.29, 0.717) is 6.42 Å². The van der Waals surface area contributed by atoms with Crippen LogP contribution in [0.15, 0.2) is 30.3 Å². The van der Waals surface area contributed by atoms with E-state index < -0.39 is 0 Å². The summed E-state index contributed by atoms with van der Waals surface area (Å²) in [6.07, 6.45) is 1.22. The van der Waals surface area contributed by atoms with Crippen LogP contribution in [-0.2, 0) is 16.1 Å². The third kappa shape index (κ3) is 2.85. The molecule has 1 aliphatic heterocycles. The molecule has 1 aromatic carbocycles. The molecule has 2 rings (SSSR count). The Morgan fingerprint density at radius 2 is 2.00 bits per heavy atom. The van der Waals surface area contributed by atoms with E-state index in [-0.39, 0.29) is 5.97 Å². The Kier molecular flexibility index (Phi) is 2.79. The van der Waals surface area contributed by atoms with Crippen LogP contribution in [0.5, 0.6) is 0 Å². The predicted molar refractivity (Wildman–Crippen MR) is 52.4 cm³/mol. The summed E-state index contributed by atoms with van der Waals surface area (Å²) in [6, 6.07) is 9.96. The summed E-state index contributed by atoms with van der Waals surface area (Å²) in [7, 11) is 0. The Bertz CT molecular complexity index is 306. The number of carbonyl (C=O) groups is 1. The highest BCUT2D eigenvalue weighted by Crippen LogP contribution is 2.08. The third-order valence-electron chi connectivity index (χ3n) is 2.10. The van der Waals surface area contributed by atoms with Crippen LogP contribution >= 0.6 is 0 Å². The van der Waals surface area contributed by atoms with Gasteiger partial charge in [0.25, 0.3) is 0 Å². The standard InChI is InChI=1S/C11H13NO2/c13-11(14-12-8-9-12)7-6-10-4-2-1-3-5-10/h1-5H,6-9H2. The van der Waals surface area contributed by atoms with E-state index in [1.165, 1.54) is 5.56 Å². The maximum absolute atomic E-state index is 11.2. The van der Waals surface area contributed by atoms with Gasteiger partial charge in [0, 0.05) is 0 Å². The Morgan fingerprint density at radius 3 is 2.64 bits per heavy atom. The monoisotopic (exact) mass is 191 g/mol. The lowest BCUT2D eigenvalue weighted by Crippen LogP contribution is -2.10. The average Bonchev–Trinajstić information content (AvgIpc) is 3.00. The minimum absolute atomic E-state index is 0.133. The highest BCUT2D eigenvalue weighted by Gasteiger charge is 2.21. The van der Waals surface area contributed by atoms with E-state index in [9.17, 15) is 4.79 Å². The van der Waals surface area contributed by atoms with Gasteiger partial charge >= 0.3 is 5.97 Å². The molecule has 3 nitrogen and oxygen atoms in total. The zero-order chi connectivity index (χ0) is 9.80. The maximum Gasteiger partial charge on any atom is 0.325 e. The quantitative estimate of drug-likeness (QED) is 0.673. The van der Waals surface area contributed by atoms with Crippen LogP contribution in [0.1, 0.15) is 12.0 Å². The normalized spacial score (nSPS) is 15.1. The van der Waals surface area contributed by atoms with Crippen LogP contribution in [0.2, 0.25) is 0 Å². The molecule has 1 fully saturated rings. The van der Waals surface area contributed by atoms with E-state index in [0.717, 1.165) is 19.5 Å². The van der Waals surface area contributed by atoms with Crippen molar-refractivity contribution in [1.29, 1.82) is 0 Å². The van der Waals surface area contributed by atoms with Gasteiger partial charge in [-0.05, 0) is 12.0 Å². The lowest BCUT2D eigenvalue weighted by Gasteiger charge is -2.02. The zero-order valence-corrected chi connectivity index (χ0v) is 7.98. The van der Waals surface area contributed by atoms with E-state index in [2.05, 4.69) is 0 Å². The van der Waals surface area contributed by atoms with Crippen LogP contribution in [0, 0.1) is 0 Å². The van der Waals surface area contributed by atoms with Gasteiger partial charge in [0.1, 0.15) is 0 Å². The number of rotatable bonds is 4. The molecule has 3 heteroatoms. The lowest BCUT2D eigenvalue weighted by molar-refractivity contribution is -0.165. The van der Waals surface area contributed by atoms with Gasteiger partial charge in [-0.3, -0.25) is 4.79 Å². The first kappa shape index (κ1) is 9.21. The summed E-state index contributed by atoms with van der Waals surface area (Å²) in [6.45, 7) is 1.77. The number of benzene rings is 1. The summed E-state index contributed by atoms with van der Waals surface area (Å²) in [5.74, 6) is -0.133. The molecule has 0 aliphatic carbocycles. The van der Waals surface area contributed by atoms with Gasteiger partial charge < -0.3 is 4.84 Å². The first-order chi connectivity index (χ1) is 6.84. The molecule has 14 heavy (non-hydrogen) atoms. The summed E-state index contributed by atoms with van der Waals surface area (Å²) in [5.41, 5.74) is 1.18. The Hall–Kier alpha value is -1.35. The molecule has 1 saturated heterocycles. The molecule has 0 N–H and O–H groups in total. The summed E-state index contributed by atoms with van der Waals surface area (Å²) in [4.78, 5) is 16.2. The molecular formula is C11H13NO2. The fourth-order valence-electron chi connectivity index (χ4n) is 1.21. The lowest BCUT2D eigenvalue weighted by atomic mass is 10.1. The van der Waals surface area contributed by atoms with E-state index >= 15 is 0 Å². The number of hydroxylamine groups is 2. The van der Waals surface area contributed by atoms with Crippen molar-refractivity contribution in [2.24, 2.45) is 0 Å². The molecule has 0 spiro atoms. The second-order valence-corrected chi connectivity index (χ2v) is 3.38. The highest BCUT2D eigenvalue weighted by molar-refractivity contribution is 5.69. The fraction of sp³-hybridized carbons (Fsp3) is 0.364. The molecule has 0 radical (unpaired) electrons. The average molecular weight is 191 g/mol. The molecule has 0 bridgehead atoms.